The number of carbonyl (C=O) groups is 2. The van der Waals surface area contributed by atoms with Crippen molar-refractivity contribution in [1.29, 1.82) is 0 Å². The molecular weight excluding hydrogens is 419 g/mol. The predicted octanol–water partition coefficient (Wildman–Crippen LogP) is 4.15. The van der Waals surface area contributed by atoms with Gasteiger partial charge in [0.2, 0.25) is 11.8 Å². The van der Waals surface area contributed by atoms with Gasteiger partial charge in [0.25, 0.3) is 0 Å². The second-order valence-corrected chi connectivity index (χ2v) is 7.78. The summed E-state index contributed by atoms with van der Waals surface area (Å²) in [4.78, 5) is 28.2. The highest BCUT2D eigenvalue weighted by molar-refractivity contribution is 5.88. The van der Waals surface area contributed by atoms with Gasteiger partial charge in [0, 0.05) is 19.5 Å². The normalized spacial score (nSPS) is 11.5. The Morgan fingerprint density at radius 3 is 2.30 bits per heavy atom. The molecule has 0 heterocycles. The third kappa shape index (κ3) is 6.91. The topological polar surface area (TPSA) is 58.6 Å². The minimum atomic E-state index is -0.702. The number of amides is 2. The van der Waals surface area contributed by atoms with Crippen molar-refractivity contribution in [2.75, 3.05) is 13.7 Å². The molecule has 6 heteroatoms. The number of methoxy groups -OCH3 is 1. The van der Waals surface area contributed by atoms with Crippen LogP contribution in [-0.2, 0) is 29.0 Å². The summed E-state index contributed by atoms with van der Waals surface area (Å²) in [7, 11) is 1.59. The highest BCUT2D eigenvalue weighted by Crippen LogP contribution is 2.19. The highest BCUT2D eigenvalue weighted by atomic mass is 19.1. The van der Waals surface area contributed by atoms with E-state index in [2.05, 4.69) is 5.32 Å². The van der Waals surface area contributed by atoms with Crippen LogP contribution in [0.1, 0.15) is 23.6 Å². The lowest BCUT2D eigenvalue weighted by Gasteiger charge is -2.31. The van der Waals surface area contributed by atoms with Crippen molar-refractivity contribution in [3.05, 3.63) is 101 Å². The van der Waals surface area contributed by atoms with Crippen LogP contribution in [0, 0.1) is 5.82 Å². The van der Waals surface area contributed by atoms with Crippen molar-refractivity contribution in [1.82, 2.24) is 10.2 Å². The summed E-state index contributed by atoms with van der Waals surface area (Å²) >= 11 is 0. The van der Waals surface area contributed by atoms with Crippen molar-refractivity contribution < 1.29 is 18.7 Å². The zero-order chi connectivity index (χ0) is 23.6. The van der Waals surface area contributed by atoms with E-state index in [0.717, 1.165) is 11.1 Å². The molecule has 0 aromatic heterocycles. The SMILES string of the molecule is CCNC(=O)[C@H](Cc1ccccc1)N(Cc1cccc(OC)c1)C(=O)Cc1ccc(F)cc1. The molecule has 3 rings (SSSR count). The minimum absolute atomic E-state index is 0.0644. The van der Waals surface area contributed by atoms with E-state index >= 15 is 0 Å². The maximum atomic E-state index is 13.5. The smallest absolute Gasteiger partial charge is 0.243 e. The number of nitrogens with zero attached hydrogens (tertiary/aromatic N) is 1. The van der Waals surface area contributed by atoms with E-state index < -0.39 is 6.04 Å². The van der Waals surface area contributed by atoms with Gasteiger partial charge in [0.1, 0.15) is 17.6 Å². The first kappa shape index (κ1) is 24.0. The van der Waals surface area contributed by atoms with Crippen molar-refractivity contribution in [2.24, 2.45) is 0 Å². The largest absolute Gasteiger partial charge is 0.497 e. The van der Waals surface area contributed by atoms with Crippen molar-refractivity contribution in [3.8, 4) is 5.75 Å². The van der Waals surface area contributed by atoms with Gasteiger partial charge in [-0.2, -0.15) is 0 Å². The molecule has 1 N–H and O–H groups in total. The van der Waals surface area contributed by atoms with Gasteiger partial charge in [-0.1, -0.05) is 54.6 Å². The van der Waals surface area contributed by atoms with Gasteiger partial charge < -0.3 is 15.0 Å². The highest BCUT2D eigenvalue weighted by Gasteiger charge is 2.30. The molecule has 0 radical (unpaired) electrons. The molecule has 0 saturated carbocycles. The quantitative estimate of drug-likeness (QED) is 0.507. The maximum absolute atomic E-state index is 13.5. The Bertz CT molecular complexity index is 1050. The molecule has 2 amide bonds. The van der Waals surface area contributed by atoms with Crippen LogP contribution in [0.5, 0.6) is 5.75 Å². The van der Waals surface area contributed by atoms with Crippen LogP contribution in [0.15, 0.2) is 78.9 Å². The van der Waals surface area contributed by atoms with Gasteiger partial charge in [0.05, 0.1) is 13.5 Å². The van der Waals surface area contributed by atoms with Gasteiger partial charge in [0.15, 0.2) is 0 Å². The molecule has 0 aliphatic carbocycles. The third-order valence-electron chi connectivity index (χ3n) is 5.38. The monoisotopic (exact) mass is 448 g/mol. The lowest BCUT2D eigenvalue weighted by atomic mass is 10.0. The second kappa shape index (κ2) is 11.8. The van der Waals surface area contributed by atoms with Crippen molar-refractivity contribution >= 4 is 11.8 Å². The zero-order valence-electron chi connectivity index (χ0n) is 19.0. The Balaban J connectivity index is 1.95. The summed E-state index contributed by atoms with van der Waals surface area (Å²) in [6.45, 7) is 2.55. The number of hydrogen-bond acceptors (Lipinski definition) is 3. The molecule has 0 fully saturated rings. The summed E-state index contributed by atoms with van der Waals surface area (Å²) in [5.74, 6) is -0.104. The van der Waals surface area contributed by atoms with E-state index in [1.54, 1.807) is 24.1 Å². The van der Waals surface area contributed by atoms with Crippen LogP contribution in [0.4, 0.5) is 4.39 Å². The third-order valence-corrected chi connectivity index (χ3v) is 5.38. The summed E-state index contributed by atoms with van der Waals surface area (Å²) in [6.07, 6.45) is 0.445. The molecule has 0 aliphatic heterocycles. The summed E-state index contributed by atoms with van der Waals surface area (Å²) in [5.41, 5.74) is 2.49. The van der Waals surface area contributed by atoms with Crippen LogP contribution in [0.2, 0.25) is 0 Å². The van der Waals surface area contributed by atoms with Crippen molar-refractivity contribution in [2.45, 2.75) is 32.4 Å². The Morgan fingerprint density at radius 2 is 1.64 bits per heavy atom. The fourth-order valence-electron chi connectivity index (χ4n) is 3.69. The fourth-order valence-corrected chi connectivity index (χ4v) is 3.69. The summed E-state index contributed by atoms with van der Waals surface area (Å²) in [6, 6.07) is 22.2. The molecule has 0 aliphatic rings. The summed E-state index contributed by atoms with van der Waals surface area (Å²) in [5, 5.41) is 2.87. The molecule has 5 nitrogen and oxygen atoms in total. The Kier molecular flexibility index (Phi) is 8.58. The molecule has 3 aromatic carbocycles. The van der Waals surface area contributed by atoms with E-state index in [4.69, 9.17) is 4.74 Å². The number of nitrogens with one attached hydrogen (secondary N) is 1. The molecule has 3 aromatic rings. The van der Waals surface area contributed by atoms with Crippen LogP contribution < -0.4 is 10.1 Å². The van der Waals surface area contributed by atoms with Crippen LogP contribution in [0.25, 0.3) is 0 Å². The van der Waals surface area contributed by atoms with Gasteiger partial charge >= 0.3 is 0 Å². The average Bonchev–Trinajstić information content (AvgIpc) is 2.83. The van der Waals surface area contributed by atoms with Crippen molar-refractivity contribution in [3.63, 3.8) is 0 Å². The van der Waals surface area contributed by atoms with E-state index in [0.29, 0.717) is 24.3 Å². The van der Waals surface area contributed by atoms with Crippen LogP contribution in [-0.4, -0.2) is 36.4 Å². The predicted molar refractivity (Wildman–Crippen MR) is 126 cm³/mol. The molecule has 33 heavy (non-hydrogen) atoms. The van der Waals surface area contributed by atoms with Gasteiger partial charge in [-0.15, -0.1) is 0 Å². The molecular formula is C27H29FN2O3. The number of halogens is 1. The van der Waals surface area contributed by atoms with Crippen LogP contribution >= 0.6 is 0 Å². The number of hydrogen-bond donors (Lipinski definition) is 1. The summed E-state index contributed by atoms with van der Waals surface area (Å²) < 4.78 is 18.7. The lowest BCUT2D eigenvalue weighted by Crippen LogP contribution is -2.50. The Morgan fingerprint density at radius 1 is 0.939 bits per heavy atom. The molecule has 0 saturated heterocycles. The average molecular weight is 449 g/mol. The van der Waals surface area contributed by atoms with E-state index in [-0.39, 0.29) is 30.6 Å². The number of benzene rings is 3. The first-order valence-corrected chi connectivity index (χ1v) is 11.0. The minimum Gasteiger partial charge on any atom is -0.497 e. The van der Waals surface area contributed by atoms with Crippen LogP contribution in [0.3, 0.4) is 0 Å². The zero-order valence-corrected chi connectivity index (χ0v) is 19.0. The molecule has 0 unspecified atom stereocenters. The van der Waals surface area contributed by atoms with Gasteiger partial charge in [-0.05, 0) is 47.9 Å². The number of carbonyl (C=O) groups excluding carboxylic acids is 2. The van der Waals surface area contributed by atoms with E-state index in [9.17, 15) is 14.0 Å². The number of ether oxygens (including phenoxy) is 1. The van der Waals surface area contributed by atoms with Gasteiger partial charge in [-0.3, -0.25) is 9.59 Å². The number of likely N-dealkylation sites (N-methyl/N-ethyl adjacent to an activating group) is 1. The second-order valence-electron chi connectivity index (χ2n) is 7.78. The molecule has 1 atom stereocenters. The number of rotatable bonds is 10. The Hall–Kier alpha value is -3.67. The molecule has 0 spiro atoms. The molecule has 0 bridgehead atoms. The maximum Gasteiger partial charge on any atom is 0.243 e. The van der Waals surface area contributed by atoms with E-state index in [1.807, 2.05) is 61.5 Å². The lowest BCUT2D eigenvalue weighted by molar-refractivity contribution is -0.140. The fraction of sp³-hybridized carbons (Fsp3) is 0.259. The van der Waals surface area contributed by atoms with E-state index in [1.165, 1.54) is 12.1 Å². The standard InChI is InChI=1S/C27H29FN2O3/c1-3-29-27(32)25(17-20-8-5-4-6-9-20)30(19-22-10-7-11-24(16-22)33-2)26(31)18-21-12-14-23(28)15-13-21/h4-16,25H,3,17-19H2,1-2H3,(H,29,32)/t25-/m0/s1. The first-order valence-electron chi connectivity index (χ1n) is 11.0. The Labute approximate surface area is 194 Å². The molecule has 172 valence electrons. The van der Waals surface area contributed by atoms with Gasteiger partial charge in [-0.25, -0.2) is 4.39 Å². The first-order chi connectivity index (χ1) is 16.0.